The molecule has 1 aromatic rings. The molecule has 0 spiro atoms. The zero-order valence-electron chi connectivity index (χ0n) is 10.6. The molecule has 1 fully saturated rings. The summed E-state index contributed by atoms with van der Waals surface area (Å²) >= 11 is 0. The van der Waals surface area contributed by atoms with Crippen LogP contribution in [0.4, 0.5) is 5.88 Å². The molecule has 1 saturated heterocycles. The van der Waals surface area contributed by atoms with Crippen molar-refractivity contribution in [2.45, 2.75) is 25.7 Å². The van der Waals surface area contributed by atoms with E-state index in [0.29, 0.717) is 5.76 Å². The maximum atomic E-state index is 11.0. The lowest BCUT2D eigenvalue weighted by Crippen LogP contribution is -2.28. The van der Waals surface area contributed by atoms with Crippen molar-refractivity contribution in [3.63, 3.8) is 0 Å². The monoisotopic (exact) mass is 260 g/mol. The van der Waals surface area contributed by atoms with E-state index < -0.39 is 5.91 Å². The number of carbonyl (C=O) groups is 1. The molecule has 2 rings (SSSR count). The van der Waals surface area contributed by atoms with Crippen molar-refractivity contribution in [2.75, 3.05) is 18.0 Å². The molecule has 0 unspecified atom stereocenters. The van der Waals surface area contributed by atoms with Crippen molar-refractivity contribution in [3.8, 4) is 6.07 Å². The minimum atomic E-state index is -0.429. The Kier molecular flexibility index (Phi) is 4.56. The molecule has 1 N–H and O–H groups in total. The third-order valence-electron chi connectivity index (χ3n) is 2.90. The first-order valence-corrected chi connectivity index (χ1v) is 6.33. The highest BCUT2D eigenvalue weighted by atomic mass is 16.4. The van der Waals surface area contributed by atoms with Crippen LogP contribution in [0.15, 0.2) is 21.7 Å². The van der Waals surface area contributed by atoms with Crippen LogP contribution in [0.2, 0.25) is 0 Å². The van der Waals surface area contributed by atoms with Crippen LogP contribution in [-0.2, 0) is 4.79 Å². The van der Waals surface area contributed by atoms with Gasteiger partial charge in [0.1, 0.15) is 12.2 Å². The number of carbonyl (C=O) groups excluding carboxylic acids is 1. The fourth-order valence-corrected chi connectivity index (χ4v) is 1.98. The van der Waals surface area contributed by atoms with E-state index in [4.69, 9.17) is 9.68 Å². The second kappa shape index (κ2) is 6.59. The van der Waals surface area contributed by atoms with Gasteiger partial charge >= 0.3 is 0 Å². The number of nitrogens with zero attached hydrogens (tertiary/aromatic N) is 3. The van der Waals surface area contributed by atoms with E-state index in [-0.39, 0.29) is 6.42 Å². The number of nitriles is 1. The van der Waals surface area contributed by atoms with Gasteiger partial charge in [0.25, 0.3) is 5.91 Å². The summed E-state index contributed by atoms with van der Waals surface area (Å²) in [6.07, 6.45) is 4.89. The summed E-state index contributed by atoms with van der Waals surface area (Å²) < 4.78 is 5.63. The molecule has 0 aliphatic carbocycles. The normalized spacial score (nSPS) is 15.4. The Labute approximate surface area is 111 Å². The second-order valence-corrected chi connectivity index (χ2v) is 4.35. The van der Waals surface area contributed by atoms with Crippen molar-refractivity contribution < 1.29 is 9.21 Å². The van der Waals surface area contributed by atoms with Gasteiger partial charge in [-0.2, -0.15) is 10.4 Å². The highest BCUT2D eigenvalue weighted by molar-refractivity contribution is 5.81. The predicted molar refractivity (Wildman–Crippen MR) is 70.7 cm³/mol. The Morgan fingerprint density at radius 3 is 3.00 bits per heavy atom. The molecule has 0 bridgehead atoms. The molecule has 19 heavy (non-hydrogen) atoms. The number of amides is 1. The summed E-state index contributed by atoms with van der Waals surface area (Å²) in [6, 6.07) is 5.46. The predicted octanol–water partition coefficient (Wildman–Crippen LogP) is 1.63. The van der Waals surface area contributed by atoms with Gasteiger partial charge in [0.15, 0.2) is 5.88 Å². The van der Waals surface area contributed by atoms with Gasteiger partial charge in [0, 0.05) is 19.2 Å². The topological polar surface area (TPSA) is 81.6 Å². The summed E-state index contributed by atoms with van der Waals surface area (Å²) in [5.41, 5.74) is 2.26. The van der Waals surface area contributed by atoms with Crippen LogP contribution < -0.4 is 10.3 Å². The van der Waals surface area contributed by atoms with E-state index in [9.17, 15) is 4.79 Å². The first kappa shape index (κ1) is 13.1. The van der Waals surface area contributed by atoms with E-state index in [1.807, 2.05) is 12.1 Å². The maximum absolute atomic E-state index is 11.0. The van der Waals surface area contributed by atoms with Crippen LogP contribution >= 0.6 is 0 Å². The van der Waals surface area contributed by atoms with Gasteiger partial charge in [-0.05, 0) is 25.3 Å². The van der Waals surface area contributed by atoms with E-state index >= 15 is 0 Å². The van der Waals surface area contributed by atoms with E-state index in [1.54, 1.807) is 6.07 Å². The number of nitrogens with one attached hydrogen (secondary N) is 1. The molecular weight excluding hydrogens is 244 g/mol. The second-order valence-electron chi connectivity index (χ2n) is 4.35. The number of hydrogen-bond acceptors (Lipinski definition) is 5. The molecule has 100 valence electrons. The van der Waals surface area contributed by atoms with Crippen molar-refractivity contribution in [3.05, 3.63) is 17.9 Å². The molecule has 0 aromatic carbocycles. The van der Waals surface area contributed by atoms with Crippen LogP contribution in [0.1, 0.15) is 31.4 Å². The van der Waals surface area contributed by atoms with Crippen molar-refractivity contribution in [1.82, 2.24) is 5.43 Å². The van der Waals surface area contributed by atoms with E-state index in [2.05, 4.69) is 15.4 Å². The number of hydrazone groups is 1. The standard InChI is InChI=1S/C13H16N4O2/c14-7-6-12(18)16-15-10-11-4-5-13(19-11)17-8-2-1-3-9-17/h4-5,10H,1-3,6,8-9H2,(H,16,18)/b15-10-. The zero-order valence-corrected chi connectivity index (χ0v) is 10.6. The zero-order chi connectivity index (χ0) is 13.5. The van der Waals surface area contributed by atoms with Gasteiger partial charge in [0.2, 0.25) is 0 Å². The third-order valence-corrected chi connectivity index (χ3v) is 2.90. The summed E-state index contributed by atoms with van der Waals surface area (Å²) in [7, 11) is 0. The van der Waals surface area contributed by atoms with Gasteiger partial charge in [-0.25, -0.2) is 5.43 Å². The molecule has 1 aromatic heterocycles. The number of piperidine rings is 1. The number of hydrogen-bond donors (Lipinski definition) is 1. The molecule has 0 saturated carbocycles. The maximum Gasteiger partial charge on any atom is 0.254 e. The molecule has 0 atom stereocenters. The van der Waals surface area contributed by atoms with Crippen molar-refractivity contribution in [1.29, 1.82) is 5.26 Å². The third kappa shape index (κ3) is 3.85. The Hall–Kier alpha value is -2.29. The first-order valence-electron chi connectivity index (χ1n) is 6.33. The Morgan fingerprint density at radius 2 is 2.26 bits per heavy atom. The lowest BCUT2D eigenvalue weighted by atomic mass is 10.1. The van der Waals surface area contributed by atoms with Gasteiger partial charge in [-0.15, -0.1) is 0 Å². The Bertz CT molecular complexity index is 495. The average molecular weight is 260 g/mol. The number of rotatable bonds is 4. The number of furan rings is 1. The minimum absolute atomic E-state index is 0.200. The molecule has 1 aliphatic heterocycles. The fraction of sp³-hybridized carbons (Fsp3) is 0.462. The largest absolute Gasteiger partial charge is 0.440 e. The van der Waals surface area contributed by atoms with Crippen LogP contribution in [-0.4, -0.2) is 25.2 Å². The highest BCUT2D eigenvalue weighted by Gasteiger charge is 2.13. The van der Waals surface area contributed by atoms with Crippen LogP contribution in [0.5, 0.6) is 0 Å². The van der Waals surface area contributed by atoms with Gasteiger partial charge < -0.3 is 9.32 Å². The van der Waals surface area contributed by atoms with E-state index in [0.717, 1.165) is 19.0 Å². The summed E-state index contributed by atoms with van der Waals surface area (Å²) in [5, 5.41) is 12.0. The lowest BCUT2D eigenvalue weighted by Gasteiger charge is -2.25. The number of anilines is 1. The van der Waals surface area contributed by atoms with Crippen molar-refractivity contribution >= 4 is 18.0 Å². The smallest absolute Gasteiger partial charge is 0.254 e. The molecule has 2 heterocycles. The fourth-order valence-electron chi connectivity index (χ4n) is 1.98. The van der Waals surface area contributed by atoms with Gasteiger partial charge in [0.05, 0.1) is 12.3 Å². The van der Waals surface area contributed by atoms with Crippen LogP contribution in [0, 0.1) is 11.3 Å². The van der Waals surface area contributed by atoms with Crippen LogP contribution in [0.25, 0.3) is 0 Å². The van der Waals surface area contributed by atoms with Crippen molar-refractivity contribution in [2.24, 2.45) is 5.10 Å². The van der Waals surface area contributed by atoms with E-state index in [1.165, 1.54) is 25.5 Å². The van der Waals surface area contributed by atoms with Gasteiger partial charge in [-0.3, -0.25) is 4.79 Å². The molecule has 1 aliphatic rings. The van der Waals surface area contributed by atoms with Crippen LogP contribution in [0.3, 0.4) is 0 Å². The first-order chi connectivity index (χ1) is 9.29. The SMILES string of the molecule is N#CCC(=O)N/N=C\c1ccc(N2CCCCC2)o1. The highest BCUT2D eigenvalue weighted by Crippen LogP contribution is 2.21. The Morgan fingerprint density at radius 1 is 1.47 bits per heavy atom. The van der Waals surface area contributed by atoms with Gasteiger partial charge in [-0.1, -0.05) is 0 Å². The summed E-state index contributed by atoms with van der Waals surface area (Å²) in [6.45, 7) is 2.03. The Balaban J connectivity index is 1.88. The summed E-state index contributed by atoms with van der Waals surface area (Å²) in [4.78, 5) is 13.2. The average Bonchev–Trinajstić information content (AvgIpc) is 2.89. The minimum Gasteiger partial charge on any atom is -0.440 e. The quantitative estimate of drug-likeness (QED) is 0.659. The molecule has 1 amide bonds. The summed E-state index contributed by atoms with van der Waals surface area (Å²) in [5.74, 6) is 0.990. The molecule has 0 radical (unpaired) electrons. The molecule has 6 nitrogen and oxygen atoms in total. The molecule has 6 heteroatoms. The molecular formula is C13H16N4O2. The lowest BCUT2D eigenvalue weighted by molar-refractivity contribution is -0.120.